The Morgan fingerprint density at radius 3 is 2.48 bits per heavy atom. The lowest BCUT2D eigenvalue weighted by molar-refractivity contribution is -0.126. The highest BCUT2D eigenvalue weighted by molar-refractivity contribution is 5.97. The zero-order chi connectivity index (χ0) is 20.8. The molecule has 1 heterocycles. The molecular weight excluding hydrogens is 364 g/mol. The number of amides is 2. The number of anilines is 1. The number of carbonyl (C=O) groups is 2. The summed E-state index contributed by atoms with van der Waals surface area (Å²) in [5, 5.41) is 3.11. The smallest absolute Gasteiger partial charge is 0.227 e. The number of fused-ring (bicyclic) bond motifs is 1. The second-order valence-electron chi connectivity index (χ2n) is 7.75. The van der Waals surface area contributed by atoms with E-state index in [1.54, 1.807) is 4.90 Å². The molecule has 0 saturated heterocycles. The summed E-state index contributed by atoms with van der Waals surface area (Å²) >= 11 is 0. The Morgan fingerprint density at radius 1 is 1.07 bits per heavy atom. The number of carbonyl (C=O) groups excluding carboxylic acids is 2. The molecule has 0 aromatic heterocycles. The van der Waals surface area contributed by atoms with Crippen LogP contribution < -0.4 is 15.0 Å². The van der Waals surface area contributed by atoms with Crippen LogP contribution in [0.4, 0.5) is 5.69 Å². The Bertz CT molecular complexity index is 845. The molecule has 5 nitrogen and oxygen atoms in total. The first-order chi connectivity index (χ1) is 14.0. The standard InChI is InChI=1S/C24H30N2O3/c1-4-18-9-11-19(12-10-18)24(17(2)3)25-22(27)13-14-23(28)26-15-16-29-21-8-6-5-7-20(21)26/h5-12,17,24H,4,13-16H2,1-3H3,(H,25,27). The third kappa shape index (κ3) is 5.17. The van der Waals surface area contributed by atoms with Gasteiger partial charge < -0.3 is 15.0 Å². The number of rotatable bonds is 7. The number of aryl methyl sites for hydroxylation is 1. The summed E-state index contributed by atoms with van der Waals surface area (Å²) < 4.78 is 5.60. The van der Waals surface area contributed by atoms with Crippen LogP contribution in [-0.4, -0.2) is 25.0 Å². The van der Waals surface area contributed by atoms with Gasteiger partial charge in [-0.2, -0.15) is 0 Å². The fourth-order valence-electron chi connectivity index (χ4n) is 3.63. The average Bonchev–Trinajstić information content (AvgIpc) is 2.75. The van der Waals surface area contributed by atoms with E-state index in [0.717, 1.165) is 17.7 Å². The van der Waals surface area contributed by atoms with Crippen LogP contribution >= 0.6 is 0 Å². The van der Waals surface area contributed by atoms with Crippen LogP contribution in [0.15, 0.2) is 48.5 Å². The fraction of sp³-hybridized carbons (Fsp3) is 0.417. The molecule has 1 N–H and O–H groups in total. The number of ether oxygens (including phenoxy) is 1. The van der Waals surface area contributed by atoms with Gasteiger partial charge in [-0.05, 0) is 35.6 Å². The fourth-order valence-corrected chi connectivity index (χ4v) is 3.63. The molecule has 0 saturated carbocycles. The van der Waals surface area contributed by atoms with Crippen molar-refractivity contribution in [1.29, 1.82) is 0 Å². The van der Waals surface area contributed by atoms with Gasteiger partial charge in [-0.15, -0.1) is 0 Å². The third-order valence-corrected chi connectivity index (χ3v) is 5.33. The second-order valence-corrected chi connectivity index (χ2v) is 7.75. The predicted molar refractivity (Wildman–Crippen MR) is 115 cm³/mol. The van der Waals surface area contributed by atoms with Crippen molar-refractivity contribution in [3.05, 3.63) is 59.7 Å². The molecule has 29 heavy (non-hydrogen) atoms. The van der Waals surface area contributed by atoms with Gasteiger partial charge in [-0.25, -0.2) is 0 Å². The van der Waals surface area contributed by atoms with Gasteiger partial charge in [-0.3, -0.25) is 9.59 Å². The normalized spacial score (nSPS) is 14.1. The van der Waals surface area contributed by atoms with E-state index in [2.05, 4.69) is 50.4 Å². The summed E-state index contributed by atoms with van der Waals surface area (Å²) in [7, 11) is 0. The second kappa shape index (κ2) is 9.59. The molecule has 1 unspecified atom stereocenters. The number of hydrogen-bond donors (Lipinski definition) is 1. The number of nitrogens with zero attached hydrogens (tertiary/aromatic N) is 1. The van der Waals surface area contributed by atoms with Crippen molar-refractivity contribution in [2.75, 3.05) is 18.1 Å². The Balaban J connectivity index is 1.59. The molecule has 0 spiro atoms. The van der Waals surface area contributed by atoms with E-state index >= 15 is 0 Å². The topological polar surface area (TPSA) is 58.6 Å². The average molecular weight is 395 g/mol. The van der Waals surface area contributed by atoms with Crippen LogP contribution in [0.3, 0.4) is 0 Å². The molecule has 3 rings (SSSR count). The molecule has 0 fully saturated rings. The number of para-hydroxylation sites is 2. The van der Waals surface area contributed by atoms with Gasteiger partial charge in [0, 0.05) is 12.8 Å². The molecule has 1 aliphatic heterocycles. The van der Waals surface area contributed by atoms with Crippen molar-refractivity contribution in [2.24, 2.45) is 5.92 Å². The first-order valence-electron chi connectivity index (χ1n) is 10.4. The van der Waals surface area contributed by atoms with Crippen molar-refractivity contribution in [1.82, 2.24) is 5.32 Å². The Kier molecular flexibility index (Phi) is 6.91. The molecule has 0 aliphatic carbocycles. The molecule has 0 bridgehead atoms. The highest BCUT2D eigenvalue weighted by atomic mass is 16.5. The van der Waals surface area contributed by atoms with Gasteiger partial charge in [0.25, 0.3) is 0 Å². The zero-order valence-electron chi connectivity index (χ0n) is 17.5. The minimum Gasteiger partial charge on any atom is -0.490 e. The summed E-state index contributed by atoms with van der Waals surface area (Å²) in [4.78, 5) is 27.0. The first-order valence-corrected chi connectivity index (χ1v) is 10.4. The monoisotopic (exact) mass is 394 g/mol. The lowest BCUT2D eigenvalue weighted by atomic mass is 9.94. The van der Waals surface area contributed by atoms with Gasteiger partial charge in [-0.1, -0.05) is 57.2 Å². The van der Waals surface area contributed by atoms with Crippen molar-refractivity contribution in [2.45, 2.75) is 46.1 Å². The maximum Gasteiger partial charge on any atom is 0.227 e. The largest absolute Gasteiger partial charge is 0.490 e. The predicted octanol–water partition coefficient (Wildman–Crippen LogP) is 4.27. The Hall–Kier alpha value is -2.82. The number of nitrogens with one attached hydrogen (secondary N) is 1. The van der Waals surface area contributed by atoms with Gasteiger partial charge >= 0.3 is 0 Å². The van der Waals surface area contributed by atoms with E-state index in [-0.39, 0.29) is 36.6 Å². The number of hydrogen-bond acceptors (Lipinski definition) is 3. The van der Waals surface area contributed by atoms with Crippen LogP contribution in [0, 0.1) is 5.92 Å². The molecule has 2 aromatic rings. The summed E-state index contributed by atoms with van der Waals surface area (Å²) in [6.07, 6.45) is 1.35. The van der Waals surface area contributed by atoms with E-state index in [9.17, 15) is 9.59 Å². The van der Waals surface area contributed by atoms with Crippen molar-refractivity contribution < 1.29 is 14.3 Å². The van der Waals surface area contributed by atoms with Crippen LogP contribution in [0.25, 0.3) is 0 Å². The molecule has 1 atom stereocenters. The molecular formula is C24H30N2O3. The summed E-state index contributed by atoms with van der Waals surface area (Å²) in [5.41, 5.74) is 3.15. The molecule has 2 aromatic carbocycles. The molecule has 5 heteroatoms. The minimum atomic E-state index is -0.0989. The highest BCUT2D eigenvalue weighted by Gasteiger charge is 2.24. The lowest BCUT2D eigenvalue weighted by Crippen LogP contribution is -2.39. The van der Waals surface area contributed by atoms with Gasteiger partial charge in [0.05, 0.1) is 18.3 Å². The summed E-state index contributed by atoms with van der Waals surface area (Å²) in [5.74, 6) is 0.822. The van der Waals surface area contributed by atoms with E-state index < -0.39 is 0 Å². The minimum absolute atomic E-state index is 0.0516. The molecule has 1 aliphatic rings. The molecule has 2 amide bonds. The van der Waals surface area contributed by atoms with Crippen LogP contribution in [0.2, 0.25) is 0 Å². The van der Waals surface area contributed by atoms with Crippen LogP contribution in [0.1, 0.15) is 50.8 Å². The van der Waals surface area contributed by atoms with Gasteiger partial charge in [0.2, 0.25) is 11.8 Å². The molecule has 0 radical (unpaired) electrons. The Morgan fingerprint density at radius 2 is 1.79 bits per heavy atom. The van der Waals surface area contributed by atoms with E-state index in [0.29, 0.717) is 18.9 Å². The van der Waals surface area contributed by atoms with Crippen molar-refractivity contribution >= 4 is 17.5 Å². The summed E-state index contributed by atoms with van der Waals surface area (Å²) in [6, 6.07) is 15.8. The lowest BCUT2D eigenvalue weighted by Gasteiger charge is -2.29. The van der Waals surface area contributed by atoms with Crippen LogP contribution in [0.5, 0.6) is 5.75 Å². The van der Waals surface area contributed by atoms with Crippen molar-refractivity contribution in [3.63, 3.8) is 0 Å². The van der Waals surface area contributed by atoms with Gasteiger partial charge in [0.15, 0.2) is 0 Å². The van der Waals surface area contributed by atoms with E-state index in [1.807, 2.05) is 24.3 Å². The van der Waals surface area contributed by atoms with Crippen molar-refractivity contribution in [3.8, 4) is 5.75 Å². The highest BCUT2D eigenvalue weighted by Crippen LogP contribution is 2.31. The van der Waals surface area contributed by atoms with E-state index in [4.69, 9.17) is 4.74 Å². The summed E-state index contributed by atoms with van der Waals surface area (Å²) in [6.45, 7) is 7.29. The third-order valence-electron chi connectivity index (χ3n) is 5.33. The van der Waals surface area contributed by atoms with Crippen LogP contribution in [-0.2, 0) is 16.0 Å². The van der Waals surface area contributed by atoms with Gasteiger partial charge in [0.1, 0.15) is 12.4 Å². The SMILES string of the molecule is CCc1ccc(C(NC(=O)CCC(=O)N2CCOc3ccccc32)C(C)C)cc1. The maximum absolute atomic E-state index is 12.7. The quantitative estimate of drug-likeness (QED) is 0.763. The molecule has 154 valence electrons. The maximum atomic E-state index is 12.7. The Labute approximate surface area is 173 Å². The zero-order valence-corrected chi connectivity index (χ0v) is 17.5. The first kappa shape index (κ1) is 20.9. The van der Waals surface area contributed by atoms with E-state index in [1.165, 1.54) is 5.56 Å². The number of benzene rings is 2.